The van der Waals surface area contributed by atoms with Crippen molar-refractivity contribution in [2.75, 3.05) is 19.6 Å². The van der Waals surface area contributed by atoms with Crippen LogP contribution in [0.25, 0.3) is 0 Å². The Morgan fingerprint density at radius 1 is 1.14 bits per heavy atom. The van der Waals surface area contributed by atoms with E-state index in [4.69, 9.17) is 0 Å². The minimum Gasteiger partial charge on any atom is -0.354 e. The van der Waals surface area contributed by atoms with E-state index in [0.717, 1.165) is 18.0 Å². The third kappa shape index (κ3) is 4.68. The Morgan fingerprint density at radius 3 is 2.45 bits per heavy atom. The van der Waals surface area contributed by atoms with Crippen molar-refractivity contribution in [1.82, 2.24) is 10.2 Å². The molecule has 2 rings (SSSR count). The van der Waals surface area contributed by atoms with Gasteiger partial charge < -0.3 is 5.32 Å². The third-order valence-electron chi connectivity index (χ3n) is 3.84. The van der Waals surface area contributed by atoms with Crippen LogP contribution in [0.4, 0.5) is 0 Å². The molecule has 2 aromatic rings. The van der Waals surface area contributed by atoms with E-state index in [-0.39, 0.29) is 11.9 Å². The lowest BCUT2D eigenvalue weighted by atomic mass is 10.0. The first-order valence-corrected chi connectivity index (χ1v) is 8.70. The molecule has 0 fully saturated rings. The molecule has 0 saturated heterocycles. The Bertz CT molecular complexity index is 550. The predicted octanol–water partition coefficient (Wildman–Crippen LogP) is 3.49. The number of thiophene rings is 1. The fraction of sp³-hybridized carbons (Fsp3) is 0.389. The number of nitrogens with zero attached hydrogens (tertiary/aromatic N) is 1. The first-order chi connectivity index (χ1) is 10.7. The number of hydrogen-bond donors (Lipinski definition) is 1. The van der Waals surface area contributed by atoms with Gasteiger partial charge in [0.25, 0.3) is 0 Å². The van der Waals surface area contributed by atoms with Crippen LogP contribution in [0, 0.1) is 0 Å². The van der Waals surface area contributed by atoms with Gasteiger partial charge in [-0.2, -0.15) is 0 Å². The zero-order valence-corrected chi connectivity index (χ0v) is 14.1. The van der Waals surface area contributed by atoms with Gasteiger partial charge in [0.15, 0.2) is 0 Å². The lowest BCUT2D eigenvalue weighted by molar-refractivity contribution is -0.120. The molecule has 0 bridgehead atoms. The highest BCUT2D eigenvalue weighted by molar-refractivity contribution is 7.10. The maximum Gasteiger partial charge on any atom is 0.225 e. The van der Waals surface area contributed by atoms with Crippen LogP contribution in [-0.4, -0.2) is 30.4 Å². The van der Waals surface area contributed by atoms with E-state index in [9.17, 15) is 4.79 Å². The summed E-state index contributed by atoms with van der Waals surface area (Å²) in [5.41, 5.74) is 1.25. The van der Waals surface area contributed by atoms with Gasteiger partial charge in [0.05, 0.1) is 12.5 Å². The summed E-state index contributed by atoms with van der Waals surface area (Å²) < 4.78 is 0. The van der Waals surface area contributed by atoms with Gasteiger partial charge in [-0.05, 0) is 30.1 Å². The summed E-state index contributed by atoms with van der Waals surface area (Å²) in [4.78, 5) is 15.6. The van der Waals surface area contributed by atoms with Gasteiger partial charge in [0, 0.05) is 11.4 Å². The van der Waals surface area contributed by atoms with E-state index in [1.807, 2.05) is 23.6 Å². The van der Waals surface area contributed by atoms with Crippen molar-refractivity contribution in [2.24, 2.45) is 0 Å². The topological polar surface area (TPSA) is 32.3 Å². The van der Waals surface area contributed by atoms with Crippen LogP contribution in [0.5, 0.6) is 0 Å². The maximum absolute atomic E-state index is 12.1. The lowest BCUT2D eigenvalue weighted by Gasteiger charge is -2.30. The molecule has 1 N–H and O–H groups in total. The molecule has 0 radical (unpaired) electrons. The van der Waals surface area contributed by atoms with Crippen LogP contribution >= 0.6 is 11.3 Å². The van der Waals surface area contributed by atoms with E-state index in [2.05, 4.69) is 48.3 Å². The van der Waals surface area contributed by atoms with Gasteiger partial charge >= 0.3 is 0 Å². The molecule has 1 aromatic carbocycles. The fourth-order valence-corrected chi connectivity index (χ4v) is 3.35. The maximum atomic E-state index is 12.1. The quantitative estimate of drug-likeness (QED) is 0.808. The van der Waals surface area contributed by atoms with Crippen LogP contribution in [-0.2, 0) is 11.2 Å². The zero-order valence-electron chi connectivity index (χ0n) is 13.3. The number of likely N-dealkylation sites (N-methyl/N-ethyl adjacent to an activating group) is 1. The first kappa shape index (κ1) is 16.7. The van der Waals surface area contributed by atoms with Gasteiger partial charge in [0.2, 0.25) is 5.91 Å². The molecular formula is C18H24N2OS. The van der Waals surface area contributed by atoms with Crippen molar-refractivity contribution in [3.63, 3.8) is 0 Å². The smallest absolute Gasteiger partial charge is 0.225 e. The molecule has 0 aliphatic rings. The highest BCUT2D eigenvalue weighted by Crippen LogP contribution is 2.19. The van der Waals surface area contributed by atoms with Gasteiger partial charge in [0.1, 0.15) is 0 Å². The molecule has 1 aromatic heterocycles. The summed E-state index contributed by atoms with van der Waals surface area (Å²) >= 11 is 1.63. The summed E-state index contributed by atoms with van der Waals surface area (Å²) in [6.07, 6.45) is 0.470. The molecule has 4 heteroatoms. The molecular weight excluding hydrogens is 292 g/mol. The second-order valence-electron chi connectivity index (χ2n) is 5.21. The van der Waals surface area contributed by atoms with Crippen LogP contribution in [0.15, 0.2) is 47.8 Å². The van der Waals surface area contributed by atoms with Crippen LogP contribution in [0.2, 0.25) is 0 Å². The van der Waals surface area contributed by atoms with E-state index in [0.29, 0.717) is 13.0 Å². The van der Waals surface area contributed by atoms with Crippen LogP contribution in [0.1, 0.15) is 30.3 Å². The van der Waals surface area contributed by atoms with Crippen molar-refractivity contribution in [1.29, 1.82) is 0 Å². The number of carbonyl (C=O) groups excluding carboxylic acids is 1. The minimum absolute atomic E-state index is 0.0931. The molecule has 1 amide bonds. The highest BCUT2D eigenvalue weighted by Gasteiger charge is 2.18. The number of rotatable bonds is 8. The van der Waals surface area contributed by atoms with Crippen LogP contribution < -0.4 is 5.32 Å². The number of amides is 1. The second kappa shape index (κ2) is 8.71. The largest absolute Gasteiger partial charge is 0.354 e. The van der Waals surface area contributed by atoms with Crippen molar-refractivity contribution in [2.45, 2.75) is 26.3 Å². The molecule has 1 unspecified atom stereocenters. The number of benzene rings is 1. The summed E-state index contributed by atoms with van der Waals surface area (Å²) in [5, 5.41) is 5.10. The Morgan fingerprint density at radius 2 is 1.86 bits per heavy atom. The third-order valence-corrected chi connectivity index (χ3v) is 4.72. The van der Waals surface area contributed by atoms with E-state index in [1.165, 1.54) is 5.56 Å². The van der Waals surface area contributed by atoms with E-state index in [1.54, 1.807) is 11.3 Å². The molecule has 3 nitrogen and oxygen atoms in total. The van der Waals surface area contributed by atoms with Crippen molar-refractivity contribution >= 4 is 17.2 Å². The SMILES string of the molecule is CCN(CC)C(CNC(=O)Cc1cccs1)c1ccccc1. The standard InChI is InChI=1S/C18H24N2OS/c1-3-20(4-2)17(15-9-6-5-7-10-15)14-19-18(21)13-16-11-8-12-22-16/h5-12,17H,3-4,13-14H2,1-2H3,(H,19,21). The van der Waals surface area contributed by atoms with Crippen LogP contribution in [0.3, 0.4) is 0 Å². The first-order valence-electron chi connectivity index (χ1n) is 7.82. The second-order valence-corrected chi connectivity index (χ2v) is 6.24. The number of nitrogens with one attached hydrogen (secondary N) is 1. The Labute approximate surface area is 137 Å². The molecule has 0 spiro atoms. The van der Waals surface area contributed by atoms with E-state index < -0.39 is 0 Å². The highest BCUT2D eigenvalue weighted by atomic mass is 32.1. The monoisotopic (exact) mass is 316 g/mol. The lowest BCUT2D eigenvalue weighted by Crippen LogP contribution is -2.38. The minimum atomic E-state index is 0.0931. The summed E-state index contributed by atoms with van der Waals surface area (Å²) in [7, 11) is 0. The number of carbonyl (C=O) groups is 1. The summed E-state index contributed by atoms with van der Waals surface area (Å²) in [6, 6.07) is 14.6. The predicted molar refractivity (Wildman–Crippen MR) is 93.1 cm³/mol. The average molecular weight is 316 g/mol. The van der Waals surface area contributed by atoms with E-state index >= 15 is 0 Å². The van der Waals surface area contributed by atoms with Crippen molar-refractivity contribution in [3.05, 3.63) is 58.3 Å². The van der Waals surface area contributed by atoms with Gasteiger partial charge in [-0.1, -0.05) is 50.2 Å². The zero-order chi connectivity index (χ0) is 15.8. The summed E-state index contributed by atoms with van der Waals surface area (Å²) in [6.45, 7) is 6.91. The van der Waals surface area contributed by atoms with Gasteiger partial charge in [-0.3, -0.25) is 9.69 Å². The fourth-order valence-electron chi connectivity index (χ4n) is 2.64. The molecule has 118 valence electrons. The normalized spacial score (nSPS) is 12.3. The Kier molecular flexibility index (Phi) is 6.62. The summed E-state index contributed by atoms with van der Waals surface area (Å²) in [5.74, 6) is 0.0931. The van der Waals surface area contributed by atoms with Gasteiger partial charge in [-0.25, -0.2) is 0 Å². The molecule has 0 saturated carbocycles. The molecule has 1 heterocycles. The molecule has 0 aliphatic heterocycles. The molecule has 22 heavy (non-hydrogen) atoms. The molecule has 0 aliphatic carbocycles. The van der Waals surface area contributed by atoms with Crippen molar-refractivity contribution < 1.29 is 4.79 Å². The number of hydrogen-bond acceptors (Lipinski definition) is 3. The Hall–Kier alpha value is -1.65. The van der Waals surface area contributed by atoms with Crippen molar-refractivity contribution in [3.8, 4) is 0 Å². The van der Waals surface area contributed by atoms with Gasteiger partial charge in [-0.15, -0.1) is 11.3 Å². The molecule has 1 atom stereocenters. The average Bonchev–Trinajstić information content (AvgIpc) is 3.05. The Balaban J connectivity index is 1.99.